The van der Waals surface area contributed by atoms with Gasteiger partial charge in [-0.3, -0.25) is 0 Å². The van der Waals surface area contributed by atoms with Crippen LogP contribution in [-0.4, -0.2) is 47.1 Å². The highest BCUT2D eigenvalue weighted by Gasteiger charge is 2.84. The van der Waals surface area contributed by atoms with Crippen molar-refractivity contribution in [1.29, 1.82) is 5.26 Å². The molecule has 0 spiro atoms. The number of benzene rings is 1. The maximum Gasteiger partial charge on any atom is 0.380 e. The van der Waals surface area contributed by atoms with Crippen molar-refractivity contribution >= 4 is 16.7 Å². The fourth-order valence-corrected chi connectivity index (χ4v) is 6.96. The number of halogens is 6. The van der Waals surface area contributed by atoms with Gasteiger partial charge in [-0.25, -0.2) is 0 Å². The molecular formula is C24H18F6N2OS. The number of ether oxygens (including phenoxy) is 1. The first kappa shape index (κ1) is 23.0. The number of thioether (sulfide) groups is 1. The highest BCUT2D eigenvalue weighted by atomic mass is 32.2. The van der Waals surface area contributed by atoms with E-state index >= 15 is 17.6 Å². The van der Waals surface area contributed by atoms with Crippen LogP contribution in [0.15, 0.2) is 64.4 Å². The lowest BCUT2D eigenvalue weighted by Crippen LogP contribution is -2.58. The molecule has 1 aromatic rings. The molecule has 0 N–H and O–H groups in total. The molecule has 0 saturated heterocycles. The number of hydrogen-bond donors (Lipinski definition) is 0. The normalized spacial score (nSPS) is 32.1. The molecule has 2 atom stereocenters. The third-order valence-electron chi connectivity index (χ3n) is 7.56. The van der Waals surface area contributed by atoms with Gasteiger partial charge in [0, 0.05) is 23.1 Å². The van der Waals surface area contributed by atoms with Crippen molar-refractivity contribution in [3.8, 4) is 11.8 Å². The molecule has 0 aromatic heterocycles. The quantitative estimate of drug-likeness (QED) is 0.459. The molecule has 0 radical (unpaired) electrons. The van der Waals surface area contributed by atoms with Crippen molar-refractivity contribution in [3.63, 3.8) is 0 Å². The minimum atomic E-state index is -5.62. The lowest BCUT2D eigenvalue weighted by atomic mass is 9.67. The van der Waals surface area contributed by atoms with Crippen molar-refractivity contribution in [3.05, 3.63) is 70.0 Å². The molecule has 4 aliphatic rings. The molecule has 1 saturated carbocycles. The highest BCUT2D eigenvalue weighted by Crippen LogP contribution is 2.72. The van der Waals surface area contributed by atoms with Crippen LogP contribution in [-0.2, 0) is 0 Å². The Morgan fingerprint density at radius 1 is 0.912 bits per heavy atom. The molecule has 1 aromatic carbocycles. The third-order valence-corrected chi connectivity index (χ3v) is 9.16. The van der Waals surface area contributed by atoms with E-state index in [2.05, 4.69) is 0 Å². The molecule has 34 heavy (non-hydrogen) atoms. The summed E-state index contributed by atoms with van der Waals surface area (Å²) < 4.78 is 93.6. The number of likely N-dealkylation sites (N-methyl/N-ethyl adjacent to an activating group) is 1. The van der Waals surface area contributed by atoms with E-state index in [9.17, 15) is 14.0 Å². The Labute approximate surface area is 196 Å². The van der Waals surface area contributed by atoms with Crippen molar-refractivity contribution in [2.24, 2.45) is 0 Å². The number of allylic oxidation sites excluding steroid dienone is 4. The van der Waals surface area contributed by atoms with Crippen molar-refractivity contribution < 1.29 is 31.1 Å². The van der Waals surface area contributed by atoms with Crippen molar-refractivity contribution in [1.82, 2.24) is 4.90 Å². The van der Waals surface area contributed by atoms with Gasteiger partial charge in [0.2, 0.25) is 0 Å². The second-order valence-corrected chi connectivity index (χ2v) is 10.4. The molecular weight excluding hydrogens is 478 g/mol. The zero-order valence-corrected chi connectivity index (χ0v) is 19.3. The van der Waals surface area contributed by atoms with Gasteiger partial charge in [-0.2, -0.15) is 31.6 Å². The molecule has 3 nitrogen and oxygen atoms in total. The molecule has 0 bridgehead atoms. The Balaban J connectivity index is 1.86. The Bertz CT molecular complexity index is 1300. The fourth-order valence-electron chi connectivity index (χ4n) is 5.37. The number of nitrogens with zero attached hydrogens (tertiary/aromatic N) is 2. The minimum Gasteiger partial charge on any atom is -0.497 e. The summed E-state index contributed by atoms with van der Waals surface area (Å²) in [5, 5.41) is 9.57. The Kier molecular flexibility index (Phi) is 4.35. The second kappa shape index (κ2) is 6.45. The average Bonchev–Trinajstić information content (AvgIpc) is 3.31. The summed E-state index contributed by atoms with van der Waals surface area (Å²) in [5.74, 6) is -15.3. The molecule has 2 aliphatic carbocycles. The monoisotopic (exact) mass is 496 g/mol. The summed E-state index contributed by atoms with van der Waals surface area (Å²) in [6.45, 7) is 3.09. The maximum absolute atomic E-state index is 15.2. The SMILES string of the molecule is COc1ccc(C2=CC3=C4C(=C5C=C(C#N)N(C)C5(C)C3(C)S2)C(F)(F)C(F)(F)C4(F)F)cc1. The van der Waals surface area contributed by atoms with Gasteiger partial charge < -0.3 is 9.64 Å². The van der Waals surface area contributed by atoms with E-state index in [0.29, 0.717) is 16.2 Å². The van der Waals surface area contributed by atoms with Crippen LogP contribution in [0.5, 0.6) is 5.75 Å². The lowest BCUT2D eigenvalue weighted by molar-refractivity contribution is -0.258. The van der Waals surface area contributed by atoms with Gasteiger partial charge in [0.05, 0.1) is 17.4 Å². The van der Waals surface area contributed by atoms with Crippen LogP contribution in [0.1, 0.15) is 19.4 Å². The maximum atomic E-state index is 15.2. The van der Waals surface area contributed by atoms with Gasteiger partial charge >= 0.3 is 17.8 Å². The number of alkyl halides is 6. The molecule has 2 unspecified atom stereocenters. The standard InChI is InChI=1S/C24H18F6N2OS/c1-20-15(9-13(11-31)32(20)3)18-19(23(27,28)24(29,30)22(18,25)26)16-10-17(34-21(16,20)2)12-5-7-14(33-4)8-6-12/h5-10H,1-4H3. The summed E-state index contributed by atoms with van der Waals surface area (Å²) >= 11 is 1.13. The van der Waals surface area contributed by atoms with Crippen LogP contribution in [0, 0.1) is 11.3 Å². The predicted octanol–water partition coefficient (Wildman–Crippen LogP) is 6.18. The van der Waals surface area contributed by atoms with Gasteiger partial charge in [-0.1, -0.05) is 12.1 Å². The van der Waals surface area contributed by atoms with Gasteiger partial charge in [0.25, 0.3) is 0 Å². The van der Waals surface area contributed by atoms with E-state index < -0.39 is 39.2 Å². The first-order valence-corrected chi connectivity index (χ1v) is 11.1. The van der Waals surface area contributed by atoms with Gasteiger partial charge in [0.15, 0.2) is 0 Å². The largest absolute Gasteiger partial charge is 0.497 e. The van der Waals surface area contributed by atoms with Gasteiger partial charge in [-0.15, -0.1) is 11.8 Å². The first-order valence-electron chi connectivity index (χ1n) is 10.2. The van der Waals surface area contributed by atoms with E-state index in [4.69, 9.17) is 4.74 Å². The molecule has 0 amide bonds. The van der Waals surface area contributed by atoms with Gasteiger partial charge in [-0.05, 0) is 54.8 Å². The first-order chi connectivity index (χ1) is 15.7. The van der Waals surface area contributed by atoms with E-state index in [0.717, 1.165) is 17.8 Å². The Morgan fingerprint density at radius 2 is 1.47 bits per heavy atom. The Hall–Kier alpha value is -2.80. The van der Waals surface area contributed by atoms with Crippen LogP contribution < -0.4 is 4.74 Å². The zero-order valence-electron chi connectivity index (χ0n) is 18.4. The van der Waals surface area contributed by atoms with E-state index in [1.807, 2.05) is 6.07 Å². The summed E-state index contributed by atoms with van der Waals surface area (Å²) in [4.78, 5) is 1.87. The van der Waals surface area contributed by atoms with Crippen LogP contribution in [0.2, 0.25) is 0 Å². The van der Waals surface area contributed by atoms with Crippen LogP contribution >= 0.6 is 11.8 Å². The zero-order chi connectivity index (χ0) is 25.1. The van der Waals surface area contributed by atoms with Crippen molar-refractivity contribution in [2.45, 2.75) is 41.9 Å². The minimum absolute atomic E-state index is 0.0698. The van der Waals surface area contributed by atoms with Crippen LogP contribution in [0.3, 0.4) is 0 Å². The molecule has 178 valence electrons. The summed E-state index contributed by atoms with van der Waals surface area (Å²) in [6, 6.07) is 8.53. The molecule has 2 heterocycles. The predicted molar refractivity (Wildman–Crippen MR) is 116 cm³/mol. The third kappa shape index (κ3) is 2.27. The number of rotatable bonds is 2. The molecule has 5 rings (SSSR count). The fraction of sp³-hybridized carbons (Fsp3) is 0.375. The Morgan fingerprint density at radius 3 is 2.00 bits per heavy atom. The number of fused-ring (bicyclic) bond motifs is 4. The average molecular weight is 496 g/mol. The van der Waals surface area contributed by atoms with Crippen molar-refractivity contribution in [2.75, 3.05) is 14.2 Å². The van der Waals surface area contributed by atoms with Gasteiger partial charge in [0.1, 0.15) is 17.5 Å². The number of nitriles is 1. The summed E-state index contributed by atoms with van der Waals surface area (Å²) in [5.41, 5.74) is -4.35. The topological polar surface area (TPSA) is 36.3 Å². The second-order valence-electron chi connectivity index (χ2n) is 8.95. The smallest absolute Gasteiger partial charge is 0.380 e. The molecule has 2 aliphatic heterocycles. The molecule has 10 heteroatoms. The molecule has 1 fully saturated rings. The van der Waals surface area contributed by atoms with Crippen LogP contribution in [0.4, 0.5) is 26.3 Å². The van der Waals surface area contributed by atoms with E-state index in [-0.39, 0.29) is 16.8 Å². The van der Waals surface area contributed by atoms with Crippen LogP contribution in [0.25, 0.3) is 4.91 Å². The lowest BCUT2D eigenvalue weighted by Gasteiger charge is -2.51. The number of methoxy groups -OCH3 is 1. The van der Waals surface area contributed by atoms with E-state index in [1.54, 1.807) is 31.2 Å². The number of hydrogen-bond acceptors (Lipinski definition) is 4. The summed E-state index contributed by atoms with van der Waals surface area (Å²) in [7, 11) is 2.96. The highest BCUT2D eigenvalue weighted by molar-refractivity contribution is 8.10. The summed E-state index contributed by atoms with van der Waals surface area (Å²) in [6.07, 6.45) is 2.34. The van der Waals surface area contributed by atoms with E-state index in [1.165, 1.54) is 32.1 Å².